The quantitative estimate of drug-likeness (QED) is 0.434. The van der Waals surface area contributed by atoms with Crippen LogP contribution < -0.4 is 14.8 Å². The van der Waals surface area contributed by atoms with Gasteiger partial charge < -0.3 is 14.8 Å². The Kier molecular flexibility index (Phi) is 7.55. The van der Waals surface area contributed by atoms with E-state index in [4.69, 9.17) is 32.7 Å². The zero-order valence-corrected chi connectivity index (χ0v) is 17.6. The molecule has 0 aliphatic rings. The van der Waals surface area contributed by atoms with Crippen molar-refractivity contribution in [1.82, 2.24) is 0 Å². The number of benzene rings is 2. The molecule has 1 amide bonds. The topological polar surface area (TPSA) is 71.3 Å². The van der Waals surface area contributed by atoms with Crippen LogP contribution in [0.2, 0.25) is 10.0 Å². The van der Waals surface area contributed by atoms with Crippen LogP contribution in [0.1, 0.15) is 12.5 Å². The first-order valence-corrected chi connectivity index (χ1v) is 9.33. The summed E-state index contributed by atoms with van der Waals surface area (Å²) in [6, 6.07) is 10.1. The minimum Gasteiger partial charge on any atom is -0.493 e. The minimum absolute atomic E-state index is 0.107. The van der Waals surface area contributed by atoms with E-state index in [9.17, 15) is 10.1 Å². The molecule has 140 valence electrons. The summed E-state index contributed by atoms with van der Waals surface area (Å²) in [7, 11) is 1.51. The fourth-order valence-corrected chi connectivity index (χ4v) is 3.13. The molecule has 0 bridgehead atoms. The van der Waals surface area contributed by atoms with E-state index in [1.165, 1.54) is 13.2 Å². The van der Waals surface area contributed by atoms with E-state index in [1.54, 1.807) is 30.3 Å². The van der Waals surface area contributed by atoms with Gasteiger partial charge in [-0.1, -0.05) is 29.3 Å². The highest BCUT2D eigenvalue weighted by molar-refractivity contribution is 9.10. The molecule has 0 aliphatic carbocycles. The Labute approximate surface area is 175 Å². The van der Waals surface area contributed by atoms with Crippen LogP contribution in [0.15, 0.2) is 40.4 Å². The first-order valence-electron chi connectivity index (χ1n) is 7.78. The number of nitrogens with zero attached hydrogens (tertiary/aromatic N) is 1. The molecule has 5 nitrogen and oxygen atoms in total. The number of methoxy groups -OCH3 is 1. The van der Waals surface area contributed by atoms with Gasteiger partial charge in [-0.3, -0.25) is 4.79 Å². The van der Waals surface area contributed by atoms with E-state index >= 15 is 0 Å². The smallest absolute Gasteiger partial charge is 0.266 e. The molecule has 2 rings (SSSR count). The summed E-state index contributed by atoms with van der Waals surface area (Å²) >= 11 is 15.4. The van der Waals surface area contributed by atoms with E-state index in [2.05, 4.69) is 21.2 Å². The molecule has 0 unspecified atom stereocenters. The third-order valence-corrected chi connectivity index (χ3v) is 4.82. The second kappa shape index (κ2) is 9.65. The zero-order chi connectivity index (χ0) is 20.0. The normalized spacial score (nSPS) is 10.9. The third kappa shape index (κ3) is 5.16. The summed E-state index contributed by atoms with van der Waals surface area (Å²) in [5, 5.41) is 12.5. The Bertz CT molecular complexity index is 939. The molecule has 0 aliphatic heterocycles. The fraction of sp³-hybridized carbons (Fsp3) is 0.158. The Morgan fingerprint density at radius 3 is 2.74 bits per heavy atom. The SMILES string of the molecule is CCOc1c(Br)cc(C=C(C#N)C(=O)Nc2cccc(Cl)c2Cl)cc1OC. The molecule has 0 radical (unpaired) electrons. The van der Waals surface area contributed by atoms with Crippen LogP contribution in [0.5, 0.6) is 11.5 Å². The van der Waals surface area contributed by atoms with Crippen molar-refractivity contribution in [2.45, 2.75) is 6.92 Å². The second-order valence-electron chi connectivity index (χ2n) is 5.19. The number of hydrogen-bond acceptors (Lipinski definition) is 4. The zero-order valence-electron chi connectivity index (χ0n) is 14.5. The Hall–Kier alpha value is -2.20. The molecule has 2 aromatic rings. The van der Waals surface area contributed by atoms with Crippen molar-refractivity contribution in [3.05, 3.63) is 56.0 Å². The van der Waals surface area contributed by atoms with Gasteiger partial charge in [-0.2, -0.15) is 5.26 Å². The summed E-state index contributed by atoms with van der Waals surface area (Å²) in [4.78, 5) is 12.4. The van der Waals surface area contributed by atoms with Crippen LogP contribution in [0, 0.1) is 11.3 Å². The van der Waals surface area contributed by atoms with Crippen molar-refractivity contribution in [3.8, 4) is 17.6 Å². The molecule has 0 fully saturated rings. The predicted octanol–water partition coefficient (Wildman–Crippen LogP) is 5.71. The van der Waals surface area contributed by atoms with Crippen LogP contribution in [-0.2, 0) is 4.79 Å². The van der Waals surface area contributed by atoms with E-state index in [-0.39, 0.29) is 10.6 Å². The molecule has 0 aromatic heterocycles. The van der Waals surface area contributed by atoms with Crippen LogP contribution >= 0.6 is 39.1 Å². The van der Waals surface area contributed by atoms with Gasteiger partial charge >= 0.3 is 0 Å². The third-order valence-electron chi connectivity index (χ3n) is 3.42. The highest BCUT2D eigenvalue weighted by Crippen LogP contribution is 2.37. The summed E-state index contributed by atoms with van der Waals surface area (Å²) in [5.74, 6) is 0.421. The van der Waals surface area contributed by atoms with Crippen LogP contribution in [0.3, 0.4) is 0 Å². The lowest BCUT2D eigenvalue weighted by atomic mass is 10.1. The molecule has 0 saturated carbocycles. The molecule has 0 atom stereocenters. The van der Waals surface area contributed by atoms with E-state index in [0.717, 1.165) is 0 Å². The van der Waals surface area contributed by atoms with Crippen molar-refractivity contribution in [2.24, 2.45) is 0 Å². The van der Waals surface area contributed by atoms with Gasteiger partial charge in [-0.25, -0.2) is 0 Å². The standard InChI is InChI=1S/C19H15BrCl2N2O3/c1-3-27-18-13(20)8-11(9-16(18)26-2)7-12(10-23)19(25)24-15-6-4-5-14(21)17(15)22/h4-9H,3H2,1-2H3,(H,24,25). The van der Waals surface area contributed by atoms with Gasteiger partial charge in [0.15, 0.2) is 11.5 Å². The number of anilines is 1. The van der Waals surface area contributed by atoms with E-state index in [0.29, 0.717) is 38.9 Å². The average Bonchev–Trinajstić information content (AvgIpc) is 2.65. The number of carbonyl (C=O) groups is 1. The maximum absolute atomic E-state index is 12.4. The molecule has 0 spiro atoms. The van der Waals surface area contributed by atoms with Gasteiger partial charge in [-0.15, -0.1) is 0 Å². The van der Waals surface area contributed by atoms with Gasteiger partial charge in [0.05, 0.1) is 33.9 Å². The van der Waals surface area contributed by atoms with Crippen molar-refractivity contribution < 1.29 is 14.3 Å². The summed E-state index contributed by atoms with van der Waals surface area (Å²) in [6.07, 6.45) is 1.44. The predicted molar refractivity (Wildman–Crippen MR) is 111 cm³/mol. The summed E-state index contributed by atoms with van der Waals surface area (Å²) in [5.41, 5.74) is 0.802. The molecular formula is C19H15BrCl2N2O3. The molecule has 8 heteroatoms. The van der Waals surface area contributed by atoms with Gasteiger partial charge in [-0.05, 0) is 58.8 Å². The lowest BCUT2D eigenvalue weighted by Crippen LogP contribution is -2.13. The number of halogens is 3. The monoisotopic (exact) mass is 468 g/mol. The molecule has 0 heterocycles. The first kappa shape index (κ1) is 21.1. The first-order chi connectivity index (χ1) is 12.9. The van der Waals surface area contributed by atoms with Crippen LogP contribution in [-0.4, -0.2) is 19.6 Å². The number of nitriles is 1. The molecule has 0 saturated heterocycles. The van der Waals surface area contributed by atoms with Crippen LogP contribution in [0.25, 0.3) is 6.08 Å². The molecule has 2 aromatic carbocycles. The largest absolute Gasteiger partial charge is 0.493 e. The second-order valence-corrected chi connectivity index (χ2v) is 6.83. The van der Waals surface area contributed by atoms with Gasteiger partial charge in [0, 0.05) is 0 Å². The number of rotatable bonds is 6. The summed E-state index contributed by atoms with van der Waals surface area (Å²) < 4.78 is 11.5. The van der Waals surface area contributed by atoms with Crippen molar-refractivity contribution in [3.63, 3.8) is 0 Å². The number of ether oxygens (including phenoxy) is 2. The number of nitrogens with one attached hydrogen (secondary N) is 1. The van der Waals surface area contributed by atoms with Crippen molar-refractivity contribution >= 4 is 56.8 Å². The number of carbonyl (C=O) groups excluding carboxylic acids is 1. The van der Waals surface area contributed by atoms with Gasteiger partial charge in [0.2, 0.25) is 0 Å². The fourth-order valence-electron chi connectivity index (χ4n) is 2.21. The molecule has 27 heavy (non-hydrogen) atoms. The van der Waals surface area contributed by atoms with Crippen molar-refractivity contribution in [2.75, 3.05) is 19.0 Å². The number of amides is 1. The lowest BCUT2D eigenvalue weighted by Gasteiger charge is -2.12. The maximum atomic E-state index is 12.4. The highest BCUT2D eigenvalue weighted by Gasteiger charge is 2.15. The van der Waals surface area contributed by atoms with Crippen LogP contribution in [0.4, 0.5) is 5.69 Å². The van der Waals surface area contributed by atoms with E-state index in [1.807, 2.05) is 13.0 Å². The van der Waals surface area contributed by atoms with E-state index < -0.39 is 5.91 Å². The Morgan fingerprint density at radius 1 is 1.37 bits per heavy atom. The Balaban J connectivity index is 2.35. The lowest BCUT2D eigenvalue weighted by molar-refractivity contribution is -0.112. The maximum Gasteiger partial charge on any atom is 0.266 e. The van der Waals surface area contributed by atoms with Crippen molar-refractivity contribution in [1.29, 1.82) is 5.26 Å². The Morgan fingerprint density at radius 2 is 2.11 bits per heavy atom. The molecule has 1 N–H and O–H groups in total. The van der Waals surface area contributed by atoms with Gasteiger partial charge in [0.1, 0.15) is 11.6 Å². The highest BCUT2D eigenvalue weighted by atomic mass is 79.9. The van der Waals surface area contributed by atoms with Gasteiger partial charge in [0.25, 0.3) is 5.91 Å². The molecular weight excluding hydrogens is 455 g/mol. The average molecular weight is 470 g/mol. The number of hydrogen-bond donors (Lipinski definition) is 1. The summed E-state index contributed by atoms with van der Waals surface area (Å²) in [6.45, 7) is 2.33. The minimum atomic E-state index is -0.606.